The third kappa shape index (κ3) is 7.53. The zero-order chi connectivity index (χ0) is 14.3. The van der Waals surface area contributed by atoms with Gasteiger partial charge in [0, 0.05) is 32.7 Å². The highest BCUT2D eigenvalue weighted by Gasteiger charge is 2.19. The molecule has 0 aromatic carbocycles. The van der Waals surface area contributed by atoms with E-state index < -0.39 is 0 Å². The van der Waals surface area contributed by atoms with Gasteiger partial charge in [-0.15, -0.1) is 0 Å². The van der Waals surface area contributed by atoms with Gasteiger partial charge in [0.15, 0.2) is 0 Å². The minimum Gasteiger partial charge on any atom is -0.466 e. The molecule has 0 bridgehead atoms. The van der Waals surface area contributed by atoms with Crippen molar-refractivity contribution in [2.45, 2.75) is 40.5 Å². The lowest BCUT2D eigenvalue weighted by Crippen LogP contribution is -2.47. The van der Waals surface area contributed by atoms with E-state index in [0.717, 1.165) is 32.7 Å². The SMILES string of the molecule is CCOC(=O)CCN1CCN(CCC(C)(C)C)CC1. The van der Waals surface area contributed by atoms with Gasteiger partial charge in [0.2, 0.25) is 0 Å². The maximum absolute atomic E-state index is 11.3. The molecular weight excluding hydrogens is 240 g/mol. The molecule has 1 saturated heterocycles. The molecular formula is C15H30N2O2. The number of ether oxygens (including phenoxy) is 1. The van der Waals surface area contributed by atoms with Crippen LogP contribution in [0.5, 0.6) is 0 Å². The van der Waals surface area contributed by atoms with Crippen LogP contribution in [0.3, 0.4) is 0 Å². The Morgan fingerprint density at radius 2 is 1.58 bits per heavy atom. The monoisotopic (exact) mass is 270 g/mol. The highest BCUT2D eigenvalue weighted by Crippen LogP contribution is 2.19. The van der Waals surface area contributed by atoms with Crippen molar-refractivity contribution in [1.29, 1.82) is 0 Å². The van der Waals surface area contributed by atoms with Gasteiger partial charge in [0.05, 0.1) is 13.0 Å². The molecule has 0 aliphatic carbocycles. The van der Waals surface area contributed by atoms with Gasteiger partial charge in [0.1, 0.15) is 0 Å². The van der Waals surface area contributed by atoms with E-state index in [2.05, 4.69) is 30.6 Å². The van der Waals surface area contributed by atoms with E-state index in [0.29, 0.717) is 18.4 Å². The molecule has 0 saturated carbocycles. The van der Waals surface area contributed by atoms with Crippen LogP contribution in [0.4, 0.5) is 0 Å². The molecule has 112 valence electrons. The maximum atomic E-state index is 11.3. The minimum absolute atomic E-state index is 0.0716. The first-order chi connectivity index (χ1) is 8.90. The van der Waals surface area contributed by atoms with Gasteiger partial charge in [-0.3, -0.25) is 4.79 Å². The number of hydrogen-bond acceptors (Lipinski definition) is 4. The molecule has 4 heteroatoms. The molecule has 0 unspecified atom stereocenters. The molecule has 1 aliphatic rings. The van der Waals surface area contributed by atoms with Gasteiger partial charge in [-0.05, 0) is 25.3 Å². The second-order valence-corrected chi connectivity index (χ2v) is 6.55. The van der Waals surface area contributed by atoms with Crippen molar-refractivity contribution in [3.05, 3.63) is 0 Å². The first-order valence-corrected chi connectivity index (χ1v) is 7.51. The molecule has 1 rings (SSSR count). The van der Waals surface area contributed by atoms with Crippen LogP contribution >= 0.6 is 0 Å². The highest BCUT2D eigenvalue weighted by atomic mass is 16.5. The van der Waals surface area contributed by atoms with E-state index in [1.807, 2.05) is 6.92 Å². The third-order valence-corrected chi connectivity index (χ3v) is 3.58. The fourth-order valence-electron chi connectivity index (χ4n) is 2.21. The summed E-state index contributed by atoms with van der Waals surface area (Å²) < 4.78 is 4.95. The van der Waals surface area contributed by atoms with E-state index >= 15 is 0 Å². The van der Waals surface area contributed by atoms with Gasteiger partial charge in [-0.1, -0.05) is 20.8 Å². The van der Waals surface area contributed by atoms with Gasteiger partial charge >= 0.3 is 5.97 Å². The fraction of sp³-hybridized carbons (Fsp3) is 0.933. The number of piperazine rings is 1. The number of rotatable bonds is 6. The second-order valence-electron chi connectivity index (χ2n) is 6.55. The van der Waals surface area contributed by atoms with Gasteiger partial charge in [-0.25, -0.2) is 0 Å². The lowest BCUT2D eigenvalue weighted by Gasteiger charge is -2.35. The molecule has 19 heavy (non-hydrogen) atoms. The minimum atomic E-state index is -0.0716. The molecule has 0 spiro atoms. The topological polar surface area (TPSA) is 32.8 Å². The summed E-state index contributed by atoms with van der Waals surface area (Å²) in [5, 5.41) is 0. The van der Waals surface area contributed by atoms with E-state index in [1.54, 1.807) is 0 Å². The molecule has 1 heterocycles. The Morgan fingerprint density at radius 1 is 1.05 bits per heavy atom. The van der Waals surface area contributed by atoms with Crippen molar-refractivity contribution < 1.29 is 9.53 Å². The Balaban J connectivity index is 2.13. The third-order valence-electron chi connectivity index (χ3n) is 3.58. The van der Waals surface area contributed by atoms with E-state index in [4.69, 9.17) is 4.74 Å². The van der Waals surface area contributed by atoms with Crippen LogP contribution < -0.4 is 0 Å². The Bertz CT molecular complexity index is 266. The van der Waals surface area contributed by atoms with Crippen molar-refractivity contribution >= 4 is 5.97 Å². The molecule has 1 fully saturated rings. The molecule has 1 aliphatic heterocycles. The standard InChI is InChI=1S/C15H30N2O2/c1-5-19-14(18)6-8-16-10-12-17(13-11-16)9-7-15(2,3)4/h5-13H2,1-4H3. The second kappa shape index (κ2) is 7.85. The molecule has 0 atom stereocenters. The van der Waals surface area contributed by atoms with E-state index in [1.165, 1.54) is 13.0 Å². The molecule has 0 aromatic rings. The Kier molecular flexibility index (Phi) is 6.80. The molecule has 0 amide bonds. The van der Waals surface area contributed by atoms with Crippen LogP contribution in [-0.2, 0) is 9.53 Å². The summed E-state index contributed by atoms with van der Waals surface area (Å²) in [4.78, 5) is 16.2. The fourth-order valence-corrected chi connectivity index (χ4v) is 2.21. The summed E-state index contributed by atoms with van der Waals surface area (Å²) >= 11 is 0. The van der Waals surface area contributed by atoms with Crippen LogP contribution in [0.1, 0.15) is 40.5 Å². The quantitative estimate of drug-likeness (QED) is 0.691. The van der Waals surface area contributed by atoms with Crippen LogP contribution in [0.25, 0.3) is 0 Å². The van der Waals surface area contributed by atoms with Crippen LogP contribution in [0, 0.1) is 5.41 Å². The summed E-state index contributed by atoms with van der Waals surface area (Å²) in [6, 6.07) is 0. The summed E-state index contributed by atoms with van der Waals surface area (Å²) in [7, 11) is 0. The molecule has 0 aromatic heterocycles. The predicted molar refractivity (Wildman–Crippen MR) is 78.2 cm³/mol. The van der Waals surface area contributed by atoms with Crippen molar-refractivity contribution in [3.8, 4) is 0 Å². The largest absolute Gasteiger partial charge is 0.466 e. The summed E-state index contributed by atoms with van der Waals surface area (Å²) in [5.74, 6) is -0.0716. The molecule has 0 N–H and O–H groups in total. The summed E-state index contributed by atoms with van der Waals surface area (Å²) in [6.07, 6.45) is 1.77. The molecule has 4 nitrogen and oxygen atoms in total. The van der Waals surface area contributed by atoms with Gasteiger partial charge in [-0.2, -0.15) is 0 Å². The van der Waals surface area contributed by atoms with E-state index in [-0.39, 0.29) is 5.97 Å². The Labute approximate surface area is 118 Å². The Morgan fingerprint density at radius 3 is 2.05 bits per heavy atom. The van der Waals surface area contributed by atoms with Crippen molar-refractivity contribution in [1.82, 2.24) is 9.80 Å². The number of nitrogens with zero attached hydrogens (tertiary/aromatic N) is 2. The van der Waals surface area contributed by atoms with E-state index in [9.17, 15) is 4.79 Å². The smallest absolute Gasteiger partial charge is 0.307 e. The summed E-state index contributed by atoms with van der Waals surface area (Å²) in [6.45, 7) is 15.6. The maximum Gasteiger partial charge on any atom is 0.307 e. The number of carbonyl (C=O) groups excluding carboxylic acids is 1. The first-order valence-electron chi connectivity index (χ1n) is 7.51. The van der Waals surface area contributed by atoms with Crippen LogP contribution in [-0.4, -0.2) is 61.6 Å². The van der Waals surface area contributed by atoms with Crippen LogP contribution in [0.2, 0.25) is 0 Å². The zero-order valence-corrected chi connectivity index (χ0v) is 13.1. The van der Waals surface area contributed by atoms with Gasteiger partial charge < -0.3 is 14.5 Å². The average Bonchev–Trinajstić information content (AvgIpc) is 2.34. The first kappa shape index (κ1) is 16.4. The van der Waals surface area contributed by atoms with Crippen LogP contribution in [0.15, 0.2) is 0 Å². The Hall–Kier alpha value is -0.610. The average molecular weight is 270 g/mol. The molecule has 0 radical (unpaired) electrons. The lowest BCUT2D eigenvalue weighted by molar-refractivity contribution is -0.143. The summed E-state index contributed by atoms with van der Waals surface area (Å²) in [5.41, 5.74) is 0.418. The number of hydrogen-bond donors (Lipinski definition) is 0. The number of esters is 1. The number of carbonyl (C=O) groups is 1. The predicted octanol–water partition coefficient (Wildman–Crippen LogP) is 1.99. The zero-order valence-electron chi connectivity index (χ0n) is 13.1. The van der Waals surface area contributed by atoms with Crippen molar-refractivity contribution in [2.24, 2.45) is 5.41 Å². The highest BCUT2D eigenvalue weighted by molar-refractivity contribution is 5.69. The van der Waals surface area contributed by atoms with Crippen molar-refractivity contribution in [3.63, 3.8) is 0 Å². The van der Waals surface area contributed by atoms with Gasteiger partial charge in [0.25, 0.3) is 0 Å². The lowest BCUT2D eigenvalue weighted by atomic mass is 9.92. The normalized spacial score (nSPS) is 18.5. The van der Waals surface area contributed by atoms with Crippen molar-refractivity contribution in [2.75, 3.05) is 45.9 Å².